The maximum atomic E-state index is 11.3. The fourth-order valence-electron chi connectivity index (χ4n) is 1.37. The number of ketones is 1. The summed E-state index contributed by atoms with van der Waals surface area (Å²) in [7, 11) is 0. The van der Waals surface area contributed by atoms with Crippen LogP contribution in [0.25, 0.3) is 0 Å². The molecule has 0 spiro atoms. The number of carbonyl (C=O) groups excluding carboxylic acids is 2. The van der Waals surface area contributed by atoms with E-state index < -0.39 is 17.5 Å². The molecule has 1 heterocycles. The van der Waals surface area contributed by atoms with Crippen molar-refractivity contribution in [2.75, 3.05) is 13.2 Å². The Morgan fingerprint density at radius 2 is 2.13 bits per heavy atom. The first kappa shape index (κ1) is 12.1. The van der Waals surface area contributed by atoms with Crippen molar-refractivity contribution in [1.29, 1.82) is 0 Å². The Morgan fingerprint density at radius 3 is 2.60 bits per heavy atom. The van der Waals surface area contributed by atoms with Crippen molar-refractivity contribution in [2.45, 2.75) is 39.1 Å². The van der Waals surface area contributed by atoms with Crippen LogP contribution < -0.4 is 0 Å². The molecule has 1 fully saturated rings. The van der Waals surface area contributed by atoms with Crippen molar-refractivity contribution in [3.05, 3.63) is 0 Å². The fourth-order valence-corrected chi connectivity index (χ4v) is 1.37. The van der Waals surface area contributed by atoms with Gasteiger partial charge in [0.25, 0.3) is 0 Å². The predicted octanol–water partition coefficient (Wildman–Crippen LogP) is 0.660. The zero-order valence-electron chi connectivity index (χ0n) is 9.24. The average Bonchev–Trinajstić information content (AvgIpc) is 2.46. The lowest BCUT2D eigenvalue weighted by Gasteiger charge is -2.16. The summed E-state index contributed by atoms with van der Waals surface area (Å²) in [5.41, 5.74) is 0. The summed E-state index contributed by atoms with van der Waals surface area (Å²) in [4.78, 5) is 22.3. The molecule has 1 atom stereocenters. The van der Waals surface area contributed by atoms with Crippen molar-refractivity contribution < 1.29 is 23.8 Å². The smallest absolute Gasteiger partial charge is 0.374 e. The Balaban J connectivity index is 2.37. The third-order valence-electron chi connectivity index (χ3n) is 1.98. The molecule has 15 heavy (non-hydrogen) atoms. The van der Waals surface area contributed by atoms with Crippen molar-refractivity contribution in [3.8, 4) is 0 Å². The highest BCUT2D eigenvalue weighted by atomic mass is 16.7. The van der Waals surface area contributed by atoms with Gasteiger partial charge in [-0.2, -0.15) is 0 Å². The summed E-state index contributed by atoms with van der Waals surface area (Å²) in [5, 5.41) is 0. The molecule has 0 bridgehead atoms. The number of carbonyl (C=O) groups is 2. The topological polar surface area (TPSA) is 61.8 Å². The third kappa shape index (κ3) is 3.60. The number of esters is 1. The van der Waals surface area contributed by atoms with Gasteiger partial charge in [0.2, 0.25) is 5.78 Å². The van der Waals surface area contributed by atoms with Gasteiger partial charge in [0.05, 0.1) is 19.3 Å². The van der Waals surface area contributed by atoms with Gasteiger partial charge in [-0.05, 0) is 20.8 Å². The molecule has 0 aromatic heterocycles. The summed E-state index contributed by atoms with van der Waals surface area (Å²) >= 11 is 0. The molecular formula is C10H16O5. The molecule has 0 unspecified atom stereocenters. The molecule has 1 aliphatic rings. The van der Waals surface area contributed by atoms with Gasteiger partial charge in [0, 0.05) is 6.42 Å². The Morgan fingerprint density at radius 1 is 1.47 bits per heavy atom. The Hall–Kier alpha value is -0.940. The predicted molar refractivity (Wildman–Crippen MR) is 51.2 cm³/mol. The molecule has 5 nitrogen and oxygen atoms in total. The molecule has 1 saturated heterocycles. The Bertz CT molecular complexity index is 259. The van der Waals surface area contributed by atoms with Crippen LogP contribution in [0.3, 0.4) is 0 Å². The first-order valence-electron chi connectivity index (χ1n) is 4.96. The van der Waals surface area contributed by atoms with Gasteiger partial charge in [-0.3, -0.25) is 4.79 Å². The van der Waals surface area contributed by atoms with Gasteiger partial charge in [0.15, 0.2) is 5.79 Å². The van der Waals surface area contributed by atoms with Crippen LogP contribution in [0.2, 0.25) is 0 Å². The number of hydrogen-bond acceptors (Lipinski definition) is 5. The van der Waals surface area contributed by atoms with Gasteiger partial charge < -0.3 is 14.2 Å². The van der Waals surface area contributed by atoms with Crippen LogP contribution in [0, 0.1) is 0 Å². The van der Waals surface area contributed by atoms with Gasteiger partial charge in [-0.25, -0.2) is 4.79 Å². The highest BCUT2D eigenvalue weighted by molar-refractivity contribution is 6.33. The molecule has 1 aliphatic heterocycles. The Labute approximate surface area is 88.7 Å². The van der Waals surface area contributed by atoms with E-state index in [2.05, 4.69) is 4.74 Å². The van der Waals surface area contributed by atoms with Crippen molar-refractivity contribution in [3.63, 3.8) is 0 Å². The van der Waals surface area contributed by atoms with Crippen LogP contribution in [0.15, 0.2) is 0 Å². The normalized spacial score (nSPS) is 23.8. The summed E-state index contributed by atoms with van der Waals surface area (Å²) in [6.07, 6.45) is -0.334. The molecule has 1 rings (SSSR count). The van der Waals surface area contributed by atoms with Crippen LogP contribution in [0.5, 0.6) is 0 Å². The summed E-state index contributed by atoms with van der Waals surface area (Å²) in [6, 6.07) is 0. The lowest BCUT2D eigenvalue weighted by Crippen LogP contribution is -2.26. The molecule has 0 saturated carbocycles. The van der Waals surface area contributed by atoms with Gasteiger partial charge in [0.1, 0.15) is 0 Å². The van der Waals surface area contributed by atoms with E-state index in [1.807, 2.05) is 0 Å². The SMILES string of the molecule is CCOC(=O)C(=O)C[C@@H]1COC(C)(C)O1. The lowest BCUT2D eigenvalue weighted by molar-refractivity contribution is -0.157. The molecule has 0 N–H and O–H groups in total. The van der Waals surface area contributed by atoms with Crippen molar-refractivity contribution in [1.82, 2.24) is 0 Å². The molecule has 86 valence electrons. The molecule has 0 amide bonds. The fraction of sp³-hybridized carbons (Fsp3) is 0.800. The van der Waals surface area contributed by atoms with Crippen molar-refractivity contribution >= 4 is 11.8 Å². The van der Waals surface area contributed by atoms with E-state index in [0.717, 1.165) is 0 Å². The van der Waals surface area contributed by atoms with E-state index in [0.29, 0.717) is 6.61 Å². The van der Waals surface area contributed by atoms with E-state index >= 15 is 0 Å². The van der Waals surface area contributed by atoms with Gasteiger partial charge in [-0.15, -0.1) is 0 Å². The second kappa shape index (κ2) is 4.72. The minimum atomic E-state index is -0.800. The largest absolute Gasteiger partial charge is 0.460 e. The quantitative estimate of drug-likeness (QED) is 0.510. The molecular weight excluding hydrogens is 200 g/mol. The molecule has 0 aromatic carbocycles. The van der Waals surface area contributed by atoms with E-state index in [1.165, 1.54) is 0 Å². The van der Waals surface area contributed by atoms with Crippen LogP contribution in [0.4, 0.5) is 0 Å². The average molecular weight is 216 g/mol. The first-order chi connectivity index (χ1) is 6.94. The molecule has 0 radical (unpaired) electrons. The second-order valence-corrected chi connectivity index (χ2v) is 3.80. The van der Waals surface area contributed by atoms with E-state index in [4.69, 9.17) is 9.47 Å². The first-order valence-corrected chi connectivity index (χ1v) is 4.96. The lowest BCUT2D eigenvalue weighted by atomic mass is 10.2. The number of Topliss-reactive ketones (excluding diaryl/α,β-unsaturated/α-hetero) is 1. The minimum absolute atomic E-state index is 0.0161. The van der Waals surface area contributed by atoms with Crippen LogP contribution >= 0.6 is 0 Å². The molecule has 0 aliphatic carbocycles. The van der Waals surface area contributed by atoms with Crippen LogP contribution in [0.1, 0.15) is 27.2 Å². The maximum Gasteiger partial charge on any atom is 0.374 e. The van der Waals surface area contributed by atoms with E-state index in [-0.39, 0.29) is 19.1 Å². The highest BCUT2D eigenvalue weighted by Gasteiger charge is 2.35. The highest BCUT2D eigenvalue weighted by Crippen LogP contribution is 2.24. The van der Waals surface area contributed by atoms with Crippen LogP contribution in [-0.2, 0) is 23.8 Å². The third-order valence-corrected chi connectivity index (χ3v) is 1.98. The van der Waals surface area contributed by atoms with E-state index in [9.17, 15) is 9.59 Å². The maximum absolute atomic E-state index is 11.3. The van der Waals surface area contributed by atoms with Crippen LogP contribution in [-0.4, -0.2) is 36.9 Å². The number of rotatable bonds is 4. The van der Waals surface area contributed by atoms with E-state index in [1.54, 1.807) is 20.8 Å². The zero-order chi connectivity index (χ0) is 11.5. The molecule has 0 aromatic rings. The monoisotopic (exact) mass is 216 g/mol. The number of hydrogen-bond donors (Lipinski definition) is 0. The number of ether oxygens (including phenoxy) is 3. The summed E-state index contributed by atoms with van der Waals surface area (Å²) in [6.45, 7) is 5.73. The van der Waals surface area contributed by atoms with Crippen molar-refractivity contribution in [2.24, 2.45) is 0 Å². The van der Waals surface area contributed by atoms with Gasteiger partial charge >= 0.3 is 5.97 Å². The minimum Gasteiger partial charge on any atom is -0.460 e. The molecule has 5 heteroatoms. The standard InChI is InChI=1S/C10H16O5/c1-4-13-9(12)8(11)5-7-6-14-10(2,3)15-7/h7H,4-6H2,1-3H3/t7-/m1/s1. The van der Waals surface area contributed by atoms with Gasteiger partial charge in [-0.1, -0.05) is 0 Å². The summed E-state index contributed by atoms with van der Waals surface area (Å²) in [5.74, 6) is -2.03. The second-order valence-electron chi connectivity index (χ2n) is 3.80. The Kier molecular flexibility index (Phi) is 3.82. The summed E-state index contributed by atoms with van der Waals surface area (Å²) < 4.78 is 15.2. The zero-order valence-corrected chi connectivity index (χ0v) is 9.24.